The first kappa shape index (κ1) is 21.5. The molecule has 2 rings (SSSR count). The standard InChI is InChI=1S/C18H21N3O6S/c1-2-27-10-9-19-17(23)13-4-7-16(8-5-13)28(25,26)21-18(24)14-3-6-15(12-22)20-11-14/h3-8,11,22H,2,9-10,12H2,1H3,(H,19,23)(H,21,24). The SMILES string of the molecule is CCOCCNC(=O)c1ccc(S(=O)(=O)NC(=O)c2ccc(CO)nc2)cc1. The number of ether oxygens (including phenoxy) is 1. The van der Waals surface area contributed by atoms with E-state index >= 15 is 0 Å². The number of aliphatic hydroxyl groups excluding tert-OH is 1. The van der Waals surface area contributed by atoms with Crippen molar-refractivity contribution in [2.75, 3.05) is 19.8 Å². The Labute approximate surface area is 162 Å². The Balaban J connectivity index is 2.02. The summed E-state index contributed by atoms with van der Waals surface area (Å²) >= 11 is 0. The predicted molar refractivity (Wildman–Crippen MR) is 100 cm³/mol. The van der Waals surface area contributed by atoms with Crippen molar-refractivity contribution < 1.29 is 27.9 Å². The Bertz CT molecular complexity index is 911. The van der Waals surface area contributed by atoms with Crippen LogP contribution in [0.1, 0.15) is 33.3 Å². The number of nitrogens with zero attached hydrogens (tertiary/aromatic N) is 1. The first-order valence-electron chi connectivity index (χ1n) is 8.46. The number of amides is 2. The number of nitrogens with one attached hydrogen (secondary N) is 2. The lowest BCUT2D eigenvalue weighted by Gasteiger charge is -2.09. The van der Waals surface area contributed by atoms with E-state index in [9.17, 15) is 18.0 Å². The number of benzene rings is 1. The molecule has 0 aliphatic heterocycles. The highest BCUT2D eigenvalue weighted by atomic mass is 32.2. The number of pyridine rings is 1. The number of carbonyl (C=O) groups excluding carboxylic acids is 2. The Morgan fingerprint density at radius 1 is 1.07 bits per heavy atom. The van der Waals surface area contributed by atoms with E-state index in [-0.39, 0.29) is 28.5 Å². The van der Waals surface area contributed by atoms with Crippen molar-refractivity contribution in [3.8, 4) is 0 Å². The van der Waals surface area contributed by atoms with E-state index in [1.54, 1.807) is 0 Å². The summed E-state index contributed by atoms with van der Waals surface area (Å²) < 4.78 is 31.8. The van der Waals surface area contributed by atoms with Crippen LogP contribution in [0, 0.1) is 0 Å². The molecule has 0 saturated carbocycles. The average Bonchev–Trinajstić information content (AvgIpc) is 2.71. The largest absolute Gasteiger partial charge is 0.390 e. The number of sulfonamides is 1. The third-order valence-electron chi connectivity index (χ3n) is 3.64. The van der Waals surface area contributed by atoms with Crippen LogP contribution in [-0.4, -0.2) is 50.1 Å². The summed E-state index contributed by atoms with van der Waals surface area (Å²) in [5, 5.41) is 11.6. The van der Waals surface area contributed by atoms with Crippen LogP contribution in [0.2, 0.25) is 0 Å². The maximum Gasteiger partial charge on any atom is 0.266 e. The molecule has 0 saturated heterocycles. The zero-order valence-corrected chi connectivity index (χ0v) is 16.0. The summed E-state index contributed by atoms with van der Waals surface area (Å²) in [5.41, 5.74) is 0.672. The molecule has 0 bridgehead atoms. The summed E-state index contributed by atoms with van der Waals surface area (Å²) in [4.78, 5) is 27.8. The zero-order chi connectivity index (χ0) is 20.6. The first-order chi connectivity index (χ1) is 13.4. The molecule has 28 heavy (non-hydrogen) atoms. The van der Waals surface area contributed by atoms with E-state index < -0.39 is 15.9 Å². The highest BCUT2D eigenvalue weighted by Crippen LogP contribution is 2.12. The van der Waals surface area contributed by atoms with Gasteiger partial charge in [0.05, 0.1) is 29.4 Å². The molecule has 2 amide bonds. The topological polar surface area (TPSA) is 135 Å². The third-order valence-corrected chi connectivity index (χ3v) is 4.99. The minimum atomic E-state index is -4.12. The van der Waals surface area contributed by atoms with Gasteiger partial charge < -0.3 is 15.2 Å². The van der Waals surface area contributed by atoms with Crippen LogP contribution < -0.4 is 10.0 Å². The third kappa shape index (κ3) is 5.84. The molecule has 0 spiro atoms. The van der Waals surface area contributed by atoms with Crippen molar-refractivity contribution in [2.45, 2.75) is 18.4 Å². The molecular formula is C18H21N3O6S. The maximum atomic E-state index is 12.4. The first-order valence-corrected chi connectivity index (χ1v) is 9.94. The van der Waals surface area contributed by atoms with Crippen molar-refractivity contribution in [1.82, 2.24) is 15.0 Å². The molecule has 0 fully saturated rings. The second kappa shape index (κ2) is 9.93. The van der Waals surface area contributed by atoms with Gasteiger partial charge in [-0.25, -0.2) is 13.1 Å². The Kier molecular flexibility index (Phi) is 7.61. The van der Waals surface area contributed by atoms with Gasteiger partial charge in [0.2, 0.25) is 0 Å². The molecular weight excluding hydrogens is 386 g/mol. The molecule has 2 aromatic rings. The van der Waals surface area contributed by atoms with Crippen molar-refractivity contribution in [3.05, 3.63) is 59.4 Å². The number of rotatable bonds is 9. The summed E-state index contributed by atoms with van der Waals surface area (Å²) in [6.07, 6.45) is 1.17. The monoisotopic (exact) mass is 407 g/mol. The molecule has 1 aromatic heterocycles. The molecule has 1 heterocycles. The van der Waals surface area contributed by atoms with Gasteiger partial charge in [0.25, 0.3) is 21.8 Å². The van der Waals surface area contributed by atoms with Crippen molar-refractivity contribution in [2.24, 2.45) is 0 Å². The normalized spacial score (nSPS) is 11.1. The fourth-order valence-corrected chi connectivity index (χ4v) is 3.13. The molecule has 0 aliphatic rings. The van der Waals surface area contributed by atoms with Crippen LogP contribution in [0.5, 0.6) is 0 Å². The number of hydrogen-bond donors (Lipinski definition) is 3. The highest BCUT2D eigenvalue weighted by Gasteiger charge is 2.19. The molecule has 1 aromatic carbocycles. The van der Waals surface area contributed by atoms with Crippen LogP contribution in [0.3, 0.4) is 0 Å². The summed E-state index contributed by atoms with van der Waals surface area (Å²) in [5.74, 6) is -1.21. The summed E-state index contributed by atoms with van der Waals surface area (Å²) in [6, 6.07) is 7.96. The van der Waals surface area contributed by atoms with Gasteiger partial charge in [-0.2, -0.15) is 0 Å². The second-order valence-corrected chi connectivity index (χ2v) is 7.29. The zero-order valence-electron chi connectivity index (χ0n) is 15.2. The van der Waals surface area contributed by atoms with Gasteiger partial charge in [-0.3, -0.25) is 14.6 Å². The van der Waals surface area contributed by atoms with Gasteiger partial charge in [-0.15, -0.1) is 0 Å². The number of aliphatic hydroxyl groups is 1. The van der Waals surface area contributed by atoms with Gasteiger partial charge in [-0.1, -0.05) is 0 Å². The smallest absolute Gasteiger partial charge is 0.266 e. The van der Waals surface area contributed by atoms with E-state index in [1.807, 2.05) is 11.6 Å². The Hall–Kier alpha value is -2.82. The molecule has 150 valence electrons. The van der Waals surface area contributed by atoms with Gasteiger partial charge in [-0.05, 0) is 43.3 Å². The number of aromatic nitrogens is 1. The van der Waals surface area contributed by atoms with Crippen LogP contribution in [0.4, 0.5) is 0 Å². The van der Waals surface area contributed by atoms with Gasteiger partial charge >= 0.3 is 0 Å². The number of carbonyl (C=O) groups is 2. The van der Waals surface area contributed by atoms with E-state index in [2.05, 4.69) is 10.3 Å². The second-order valence-electron chi connectivity index (χ2n) is 5.61. The molecule has 0 atom stereocenters. The van der Waals surface area contributed by atoms with E-state index in [0.29, 0.717) is 25.5 Å². The van der Waals surface area contributed by atoms with Crippen LogP contribution >= 0.6 is 0 Å². The van der Waals surface area contributed by atoms with Gasteiger partial charge in [0.1, 0.15) is 0 Å². The quantitative estimate of drug-likeness (QED) is 0.514. The van der Waals surface area contributed by atoms with Crippen molar-refractivity contribution in [3.63, 3.8) is 0 Å². The van der Waals surface area contributed by atoms with Crippen molar-refractivity contribution >= 4 is 21.8 Å². The summed E-state index contributed by atoms with van der Waals surface area (Å²) in [7, 11) is -4.12. The van der Waals surface area contributed by atoms with Crippen molar-refractivity contribution in [1.29, 1.82) is 0 Å². The molecule has 10 heteroatoms. The van der Waals surface area contributed by atoms with Gasteiger partial charge in [0, 0.05) is 24.9 Å². The highest BCUT2D eigenvalue weighted by molar-refractivity contribution is 7.90. The summed E-state index contributed by atoms with van der Waals surface area (Å²) in [6.45, 7) is 2.84. The molecule has 0 radical (unpaired) electrons. The Morgan fingerprint density at radius 2 is 1.75 bits per heavy atom. The minimum Gasteiger partial charge on any atom is -0.390 e. The molecule has 3 N–H and O–H groups in total. The molecule has 0 aliphatic carbocycles. The van der Waals surface area contributed by atoms with E-state index in [0.717, 1.165) is 0 Å². The van der Waals surface area contributed by atoms with E-state index in [1.165, 1.54) is 42.6 Å². The molecule has 9 nitrogen and oxygen atoms in total. The fourth-order valence-electron chi connectivity index (χ4n) is 2.16. The lowest BCUT2D eigenvalue weighted by molar-refractivity contribution is 0.0921. The predicted octanol–water partition coefficient (Wildman–Crippen LogP) is 0.459. The Morgan fingerprint density at radius 3 is 2.32 bits per heavy atom. The van der Waals surface area contributed by atoms with Crippen LogP contribution in [0.25, 0.3) is 0 Å². The fraction of sp³-hybridized carbons (Fsp3) is 0.278. The number of hydrogen-bond acceptors (Lipinski definition) is 7. The van der Waals surface area contributed by atoms with Crippen LogP contribution in [0.15, 0.2) is 47.5 Å². The maximum absolute atomic E-state index is 12.4. The lowest BCUT2D eigenvalue weighted by Crippen LogP contribution is -2.31. The molecule has 0 unspecified atom stereocenters. The van der Waals surface area contributed by atoms with Crippen LogP contribution in [-0.2, 0) is 21.4 Å². The average molecular weight is 407 g/mol. The van der Waals surface area contributed by atoms with Gasteiger partial charge in [0.15, 0.2) is 0 Å². The van der Waals surface area contributed by atoms with E-state index in [4.69, 9.17) is 9.84 Å². The minimum absolute atomic E-state index is 0.0334. The lowest BCUT2D eigenvalue weighted by atomic mass is 10.2.